The fourth-order valence-electron chi connectivity index (χ4n) is 1.19. The van der Waals surface area contributed by atoms with Crippen LogP contribution < -0.4 is 5.32 Å². The summed E-state index contributed by atoms with van der Waals surface area (Å²) in [4.78, 5) is 15.6. The van der Waals surface area contributed by atoms with Crippen molar-refractivity contribution in [3.05, 3.63) is 28.0 Å². The zero-order chi connectivity index (χ0) is 12.8. The molecule has 0 aliphatic heterocycles. The first-order valence-electron chi connectivity index (χ1n) is 5.16. The van der Waals surface area contributed by atoms with Gasteiger partial charge in [-0.2, -0.15) is 11.8 Å². The molecule has 0 saturated heterocycles. The standard InChI is InChI=1S/C11H14Cl2N2OS/c1-7(17-2)3-4-14-11(16)8-5-10(13)15-6-9(8)12/h5-7H,3-4H2,1-2H3,(H,14,16). The summed E-state index contributed by atoms with van der Waals surface area (Å²) in [7, 11) is 0. The van der Waals surface area contributed by atoms with Crippen molar-refractivity contribution >= 4 is 40.9 Å². The van der Waals surface area contributed by atoms with Crippen LogP contribution in [0.3, 0.4) is 0 Å². The van der Waals surface area contributed by atoms with E-state index in [9.17, 15) is 4.79 Å². The van der Waals surface area contributed by atoms with Gasteiger partial charge < -0.3 is 5.32 Å². The third kappa shape index (κ3) is 4.74. The van der Waals surface area contributed by atoms with Gasteiger partial charge in [0.2, 0.25) is 0 Å². The lowest BCUT2D eigenvalue weighted by molar-refractivity contribution is 0.0953. The van der Waals surface area contributed by atoms with Crippen molar-refractivity contribution in [3.8, 4) is 0 Å². The smallest absolute Gasteiger partial charge is 0.252 e. The third-order valence-corrected chi connectivity index (χ3v) is 3.85. The molecule has 0 fully saturated rings. The molecule has 0 radical (unpaired) electrons. The Balaban J connectivity index is 2.55. The summed E-state index contributed by atoms with van der Waals surface area (Å²) in [6.07, 6.45) is 4.35. The number of rotatable bonds is 5. The average Bonchev–Trinajstić information content (AvgIpc) is 2.31. The van der Waals surface area contributed by atoms with Crippen molar-refractivity contribution in [3.63, 3.8) is 0 Å². The predicted molar refractivity (Wildman–Crippen MR) is 74.2 cm³/mol. The molecule has 0 aliphatic rings. The summed E-state index contributed by atoms with van der Waals surface area (Å²) < 4.78 is 0. The summed E-state index contributed by atoms with van der Waals surface area (Å²) in [6, 6.07) is 1.47. The van der Waals surface area contributed by atoms with Crippen molar-refractivity contribution < 1.29 is 4.79 Å². The molecule has 1 aromatic rings. The zero-order valence-corrected chi connectivity index (χ0v) is 12.0. The van der Waals surface area contributed by atoms with Crippen molar-refractivity contribution in [2.45, 2.75) is 18.6 Å². The number of halogens is 2. The van der Waals surface area contributed by atoms with Gasteiger partial charge in [-0.3, -0.25) is 4.79 Å². The Morgan fingerprint density at radius 1 is 1.59 bits per heavy atom. The number of carbonyl (C=O) groups is 1. The normalized spacial score (nSPS) is 12.2. The minimum absolute atomic E-state index is 0.215. The summed E-state index contributed by atoms with van der Waals surface area (Å²) in [5, 5.41) is 3.90. The molecule has 1 aromatic heterocycles. The van der Waals surface area contributed by atoms with Crippen LogP contribution in [-0.4, -0.2) is 28.9 Å². The molecule has 3 nitrogen and oxygen atoms in total. The monoisotopic (exact) mass is 292 g/mol. The zero-order valence-electron chi connectivity index (χ0n) is 9.67. The van der Waals surface area contributed by atoms with E-state index in [-0.39, 0.29) is 11.1 Å². The van der Waals surface area contributed by atoms with Crippen LogP contribution in [0.2, 0.25) is 10.2 Å². The second-order valence-corrected chi connectivity index (χ2v) is 5.65. The molecule has 6 heteroatoms. The molecular formula is C11H14Cl2N2OS. The Labute approximate surface area is 115 Å². The van der Waals surface area contributed by atoms with E-state index in [1.807, 2.05) is 6.26 Å². The second kappa shape index (κ2) is 7.09. The van der Waals surface area contributed by atoms with E-state index in [0.29, 0.717) is 22.4 Å². The van der Waals surface area contributed by atoms with Gasteiger partial charge in [-0.1, -0.05) is 30.1 Å². The molecule has 17 heavy (non-hydrogen) atoms. The van der Waals surface area contributed by atoms with E-state index in [2.05, 4.69) is 17.2 Å². The highest BCUT2D eigenvalue weighted by molar-refractivity contribution is 7.99. The lowest BCUT2D eigenvalue weighted by atomic mass is 10.2. The highest BCUT2D eigenvalue weighted by Gasteiger charge is 2.11. The molecule has 1 N–H and O–H groups in total. The largest absolute Gasteiger partial charge is 0.352 e. The van der Waals surface area contributed by atoms with Crippen molar-refractivity contribution in [1.82, 2.24) is 10.3 Å². The van der Waals surface area contributed by atoms with Gasteiger partial charge in [-0.15, -0.1) is 0 Å². The van der Waals surface area contributed by atoms with Gasteiger partial charge in [0, 0.05) is 18.0 Å². The molecule has 0 bridgehead atoms. The lowest BCUT2D eigenvalue weighted by Crippen LogP contribution is -2.26. The molecule has 0 aliphatic carbocycles. The molecule has 0 saturated carbocycles. The van der Waals surface area contributed by atoms with Crippen LogP contribution in [0.4, 0.5) is 0 Å². The van der Waals surface area contributed by atoms with Gasteiger partial charge in [0.1, 0.15) is 5.15 Å². The average molecular weight is 293 g/mol. The van der Waals surface area contributed by atoms with Crippen LogP contribution >= 0.6 is 35.0 Å². The van der Waals surface area contributed by atoms with Gasteiger partial charge in [0.15, 0.2) is 0 Å². The molecule has 1 heterocycles. The number of hydrogen-bond acceptors (Lipinski definition) is 3. The predicted octanol–water partition coefficient (Wildman–Crippen LogP) is 3.26. The molecule has 1 atom stereocenters. The summed E-state index contributed by atoms with van der Waals surface area (Å²) in [6.45, 7) is 2.74. The number of carbonyl (C=O) groups excluding carboxylic acids is 1. The van der Waals surface area contributed by atoms with Crippen LogP contribution in [0.25, 0.3) is 0 Å². The van der Waals surface area contributed by atoms with E-state index in [4.69, 9.17) is 23.2 Å². The molecule has 1 amide bonds. The Kier molecular flexibility index (Phi) is 6.09. The first-order valence-corrected chi connectivity index (χ1v) is 7.21. The van der Waals surface area contributed by atoms with Crippen LogP contribution in [0, 0.1) is 0 Å². The van der Waals surface area contributed by atoms with Crippen molar-refractivity contribution in [2.24, 2.45) is 0 Å². The maximum Gasteiger partial charge on any atom is 0.252 e. The fraction of sp³-hybridized carbons (Fsp3) is 0.455. The minimum Gasteiger partial charge on any atom is -0.352 e. The first-order chi connectivity index (χ1) is 8.04. The molecule has 94 valence electrons. The van der Waals surface area contributed by atoms with Gasteiger partial charge >= 0.3 is 0 Å². The van der Waals surface area contributed by atoms with E-state index >= 15 is 0 Å². The number of hydrogen-bond donors (Lipinski definition) is 1. The Morgan fingerprint density at radius 2 is 2.29 bits per heavy atom. The maximum absolute atomic E-state index is 11.8. The van der Waals surface area contributed by atoms with E-state index in [1.54, 1.807) is 11.8 Å². The second-order valence-electron chi connectivity index (χ2n) is 3.58. The maximum atomic E-state index is 11.8. The number of nitrogens with zero attached hydrogens (tertiary/aromatic N) is 1. The van der Waals surface area contributed by atoms with Crippen molar-refractivity contribution in [1.29, 1.82) is 0 Å². The van der Waals surface area contributed by atoms with Gasteiger partial charge in [0.25, 0.3) is 5.91 Å². The molecule has 0 aromatic carbocycles. The van der Waals surface area contributed by atoms with Gasteiger partial charge in [-0.25, -0.2) is 4.98 Å². The highest BCUT2D eigenvalue weighted by Crippen LogP contribution is 2.18. The summed E-state index contributed by atoms with van der Waals surface area (Å²) >= 11 is 13.4. The summed E-state index contributed by atoms with van der Waals surface area (Å²) in [5.41, 5.74) is 0.364. The van der Waals surface area contributed by atoms with E-state index < -0.39 is 0 Å². The highest BCUT2D eigenvalue weighted by atomic mass is 35.5. The van der Waals surface area contributed by atoms with Crippen LogP contribution in [0.5, 0.6) is 0 Å². The Morgan fingerprint density at radius 3 is 2.94 bits per heavy atom. The Hall–Kier alpha value is -0.450. The van der Waals surface area contributed by atoms with Crippen LogP contribution in [0.1, 0.15) is 23.7 Å². The quantitative estimate of drug-likeness (QED) is 0.847. The minimum atomic E-state index is -0.215. The van der Waals surface area contributed by atoms with Crippen molar-refractivity contribution in [2.75, 3.05) is 12.8 Å². The fourth-order valence-corrected chi connectivity index (χ4v) is 1.89. The number of amides is 1. The number of nitrogens with one attached hydrogen (secondary N) is 1. The molecule has 1 unspecified atom stereocenters. The SMILES string of the molecule is CSC(C)CCNC(=O)c1cc(Cl)ncc1Cl. The van der Waals surface area contributed by atoms with Gasteiger partial charge in [0.05, 0.1) is 10.6 Å². The topological polar surface area (TPSA) is 42.0 Å². The van der Waals surface area contributed by atoms with Gasteiger partial charge in [-0.05, 0) is 18.7 Å². The van der Waals surface area contributed by atoms with E-state index in [0.717, 1.165) is 6.42 Å². The van der Waals surface area contributed by atoms with Crippen LogP contribution in [-0.2, 0) is 0 Å². The molecular weight excluding hydrogens is 279 g/mol. The van der Waals surface area contributed by atoms with Crippen LogP contribution in [0.15, 0.2) is 12.3 Å². The molecule has 1 rings (SSSR count). The first kappa shape index (κ1) is 14.6. The van der Waals surface area contributed by atoms with E-state index in [1.165, 1.54) is 12.3 Å². The summed E-state index contributed by atoms with van der Waals surface area (Å²) in [5.74, 6) is -0.215. The number of aromatic nitrogens is 1. The third-order valence-electron chi connectivity index (χ3n) is 2.31. The number of thioether (sulfide) groups is 1. The lowest BCUT2D eigenvalue weighted by Gasteiger charge is -2.09. The Bertz CT molecular complexity index is 401. The molecule has 0 spiro atoms. The number of pyridine rings is 1.